The van der Waals surface area contributed by atoms with Gasteiger partial charge in [-0.25, -0.2) is 4.99 Å². The van der Waals surface area contributed by atoms with Crippen LogP contribution in [0, 0.1) is 0 Å². The lowest BCUT2D eigenvalue weighted by Crippen LogP contribution is -2.39. The maximum atomic E-state index is 5.68. The van der Waals surface area contributed by atoms with Gasteiger partial charge in [-0.15, -0.1) is 0 Å². The number of benzene rings is 2. The molecule has 0 bridgehead atoms. The molecule has 0 saturated carbocycles. The Morgan fingerprint density at radius 3 is 2.46 bits per heavy atom. The molecule has 0 aliphatic heterocycles. The van der Waals surface area contributed by atoms with Crippen LogP contribution < -0.4 is 24.8 Å². The van der Waals surface area contributed by atoms with Crippen molar-refractivity contribution in [3.05, 3.63) is 54.1 Å². The average molecular weight is 357 g/mol. The Kier molecular flexibility index (Phi) is 8.12. The predicted octanol–water partition coefficient (Wildman–Crippen LogP) is 2.84. The SMILES string of the molecule is CCNC(=NCc1cccc(OC)c1OC)NCCOc1ccccc1. The summed E-state index contributed by atoms with van der Waals surface area (Å²) in [5.41, 5.74) is 0.963. The zero-order valence-corrected chi connectivity index (χ0v) is 15.6. The lowest BCUT2D eigenvalue weighted by Gasteiger charge is -2.14. The minimum atomic E-state index is 0.481. The quantitative estimate of drug-likeness (QED) is 0.410. The van der Waals surface area contributed by atoms with Crippen molar-refractivity contribution in [2.24, 2.45) is 4.99 Å². The van der Waals surface area contributed by atoms with Crippen LogP contribution in [-0.4, -0.2) is 39.9 Å². The number of para-hydroxylation sites is 2. The van der Waals surface area contributed by atoms with Gasteiger partial charge in [-0.3, -0.25) is 0 Å². The molecule has 6 heteroatoms. The lowest BCUT2D eigenvalue weighted by molar-refractivity contribution is 0.322. The van der Waals surface area contributed by atoms with Crippen LogP contribution in [0.5, 0.6) is 17.2 Å². The van der Waals surface area contributed by atoms with Gasteiger partial charge in [0.2, 0.25) is 0 Å². The van der Waals surface area contributed by atoms with Crippen LogP contribution in [0.15, 0.2) is 53.5 Å². The highest BCUT2D eigenvalue weighted by Gasteiger charge is 2.09. The molecule has 0 aromatic heterocycles. The average Bonchev–Trinajstić information content (AvgIpc) is 2.69. The number of nitrogens with zero attached hydrogens (tertiary/aromatic N) is 1. The summed E-state index contributed by atoms with van der Waals surface area (Å²) in [5, 5.41) is 6.50. The third-order valence-corrected chi connectivity index (χ3v) is 3.64. The van der Waals surface area contributed by atoms with Gasteiger partial charge in [0.05, 0.1) is 27.3 Å². The van der Waals surface area contributed by atoms with Crippen molar-refractivity contribution in [3.63, 3.8) is 0 Å². The van der Waals surface area contributed by atoms with Gasteiger partial charge in [-0.05, 0) is 25.1 Å². The van der Waals surface area contributed by atoms with Crippen LogP contribution >= 0.6 is 0 Å². The number of methoxy groups -OCH3 is 2. The second-order valence-corrected chi connectivity index (χ2v) is 5.44. The molecule has 6 nitrogen and oxygen atoms in total. The van der Waals surface area contributed by atoms with E-state index in [1.807, 2.05) is 55.5 Å². The summed E-state index contributed by atoms with van der Waals surface area (Å²) in [6.07, 6.45) is 0. The number of hydrogen-bond acceptors (Lipinski definition) is 4. The van der Waals surface area contributed by atoms with E-state index in [-0.39, 0.29) is 0 Å². The van der Waals surface area contributed by atoms with Gasteiger partial charge in [-0.2, -0.15) is 0 Å². The van der Waals surface area contributed by atoms with E-state index in [0.29, 0.717) is 31.2 Å². The van der Waals surface area contributed by atoms with E-state index in [2.05, 4.69) is 15.6 Å². The van der Waals surface area contributed by atoms with Crippen LogP contribution in [-0.2, 0) is 6.54 Å². The monoisotopic (exact) mass is 357 g/mol. The minimum Gasteiger partial charge on any atom is -0.493 e. The Bertz CT molecular complexity index is 690. The fourth-order valence-corrected chi connectivity index (χ4v) is 2.44. The fourth-order valence-electron chi connectivity index (χ4n) is 2.44. The van der Waals surface area contributed by atoms with Gasteiger partial charge in [0, 0.05) is 12.1 Å². The molecule has 0 aliphatic rings. The van der Waals surface area contributed by atoms with E-state index in [0.717, 1.165) is 23.8 Å². The molecule has 26 heavy (non-hydrogen) atoms. The van der Waals surface area contributed by atoms with Crippen LogP contribution in [0.4, 0.5) is 0 Å². The number of rotatable bonds is 9. The second-order valence-electron chi connectivity index (χ2n) is 5.44. The van der Waals surface area contributed by atoms with Gasteiger partial charge in [-0.1, -0.05) is 30.3 Å². The van der Waals surface area contributed by atoms with Crippen LogP contribution in [0.3, 0.4) is 0 Å². The summed E-state index contributed by atoms with van der Waals surface area (Å²) in [7, 11) is 3.26. The topological polar surface area (TPSA) is 64.1 Å². The highest BCUT2D eigenvalue weighted by molar-refractivity contribution is 5.79. The zero-order chi connectivity index (χ0) is 18.6. The largest absolute Gasteiger partial charge is 0.493 e. The number of aliphatic imine (C=N–C) groups is 1. The van der Waals surface area contributed by atoms with E-state index in [9.17, 15) is 0 Å². The van der Waals surface area contributed by atoms with Gasteiger partial charge in [0.25, 0.3) is 0 Å². The number of guanidine groups is 1. The van der Waals surface area contributed by atoms with Crippen molar-refractivity contribution < 1.29 is 14.2 Å². The van der Waals surface area contributed by atoms with Crippen molar-refractivity contribution in [3.8, 4) is 17.2 Å². The molecule has 0 atom stereocenters. The first-order valence-electron chi connectivity index (χ1n) is 8.68. The maximum Gasteiger partial charge on any atom is 0.191 e. The second kappa shape index (κ2) is 10.9. The van der Waals surface area contributed by atoms with Crippen molar-refractivity contribution >= 4 is 5.96 Å². The third-order valence-electron chi connectivity index (χ3n) is 3.64. The Labute approximate surface area is 155 Å². The Hall–Kier alpha value is -2.89. The first-order valence-corrected chi connectivity index (χ1v) is 8.68. The molecule has 0 fully saturated rings. The van der Waals surface area contributed by atoms with Crippen LogP contribution in [0.1, 0.15) is 12.5 Å². The van der Waals surface area contributed by atoms with E-state index >= 15 is 0 Å². The summed E-state index contributed by atoms with van der Waals surface area (Å²) < 4.78 is 16.5. The van der Waals surface area contributed by atoms with E-state index < -0.39 is 0 Å². The lowest BCUT2D eigenvalue weighted by atomic mass is 10.2. The highest BCUT2D eigenvalue weighted by Crippen LogP contribution is 2.30. The number of nitrogens with one attached hydrogen (secondary N) is 2. The first kappa shape index (κ1) is 19.4. The van der Waals surface area contributed by atoms with Gasteiger partial charge in [0.1, 0.15) is 12.4 Å². The highest BCUT2D eigenvalue weighted by atomic mass is 16.5. The minimum absolute atomic E-state index is 0.481. The molecular formula is C20H27N3O3. The van der Waals surface area contributed by atoms with Crippen LogP contribution in [0.25, 0.3) is 0 Å². The molecule has 0 saturated heterocycles. The van der Waals surface area contributed by atoms with E-state index in [1.165, 1.54) is 0 Å². The summed E-state index contributed by atoms with van der Waals surface area (Å²) in [4.78, 5) is 4.62. The molecule has 2 rings (SSSR count). The smallest absolute Gasteiger partial charge is 0.191 e. The summed E-state index contributed by atoms with van der Waals surface area (Å²) in [5.74, 6) is 3.00. The van der Waals surface area contributed by atoms with Crippen LogP contribution in [0.2, 0.25) is 0 Å². The Morgan fingerprint density at radius 2 is 1.77 bits per heavy atom. The molecule has 0 radical (unpaired) electrons. The zero-order valence-electron chi connectivity index (χ0n) is 15.6. The van der Waals surface area contributed by atoms with Crippen molar-refractivity contribution in [1.29, 1.82) is 0 Å². The van der Waals surface area contributed by atoms with Gasteiger partial charge < -0.3 is 24.8 Å². The maximum absolute atomic E-state index is 5.68. The summed E-state index contributed by atoms with van der Waals surface area (Å²) in [6.45, 7) is 4.49. The molecule has 0 spiro atoms. The van der Waals surface area contributed by atoms with E-state index in [1.54, 1.807) is 14.2 Å². The van der Waals surface area contributed by atoms with Crippen molar-refractivity contribution in [1.82, 2.24) is 10.6 Å². The molecule has 140 valence electrons. The molecular weight excluding hydrogens is 330 g/mol. The molecule has 2 aromatic carbocycles. The number of hydrogen-bond donors (Lipinski definition) is 2. The van der Waals surface area contributed by atoms with Gasteiger partial charge in [0.15, 0.2) is 17.5 Å². The predicted molar refractivity (Wildman–Crippen MR) is 104 cm³/mol. The van der Waals surface area contributed by atoms with Gasteiger partial charge >= 0.3 is 0 Å². The fraction of sp³-hybridized carbons (Fsp3) is 0.350. The van der Waals surface area contributed by atoms with E-state index in [4.69, 9.17) is 14.2 Å². The Morgan fingerprint density at radius 1 is 0.962 bits per heavy atom. The Balaban J connectivity index is 1.92. The molecule has 0 amide bonds. The molecule has 0 aliphatic carbocycles. The molecule has 0 unspecified atom stereocenters. The van der Waals surface area contributed by atoms with Crippen molar-refractivity contribution in [2.75, 3.05) is 33.9 Å². The molecule has 0 heterocycles. The number of ether oxygens (including phenoxy) is 3. The normalized spacial score (nSPS) is 11.0. The summed E-state index contributed by atoms with van der Waals surface area (Å²) in [6, 6.07) is 15.5. The molecule has 2 aromatic rings. The summed E-state index contributed by atoms with van der Waals surface area (Å²) >= 11 is 0. The first-order chi connectivity index (χ1) is 12.8. The third kappa shape index (κ3) is 5.88. The molecule has 2 N–H and O–H groups in total. The standard InChI is InChI=1S/C20H27N3O3/c1-4-21-20(22-13-14-26-17-10-6-5-7-11-17)23-15-16-9-8-12-18(24-2)19(16)25-3/h5-12H,4,13-15H2,1-3H3,(H2,21,22,23). The van der Waals surface area contributed by atoms with Crippen molar-refractivity contribution in [2.45, 2.75) is 13.5 Å².